The van der Waals surface area contributed by atoms with Gasteiger partial charge in [-0.25, -0.2) is 0 Å². The zero-order chi connectivity index (χ0) is 29.1. The van der Waals surface area contributed by atoms with Crippen LogP contribution in [0.4, 0.5) is 0 Å². The predicted molar refractivity (Wildman–Crippen MR) is 182 cm³/mol. The molecule has 0 saturated carbocycles. The number of benzene rings is 6. The van der Waals surface area contributed by atoms with Crippen LogP contribution in [0.1, 0.15) is 0 Å². The highest BCUT2D eigenvalue weighted by Crippen LogP contribution is 2.54. The van der Waals surface area contributed by atoms with Crippen LogP contribution in [0.2, 0.25) is 0 Å². The third kappa shape index (κ3) is 2.80. The molecule has 210 valence electrons. The van der Waals surface area contributed by atoms with Crippen molar-refractivity contribution in [1.82, 2.24) is 19.9 Å². The van der Waals surface area contributed by atoms with Gasteiger partial charge in [-0.3, -0.25) is 0 Å². The van der Waals surface area contributed by atoms with E-state index in [0.29, 0.717) is 0 Å². The molecule has 0 bridgehead atoms. The van der Waals surface area contributed by atoms with E-state index in [1.54, 1.807) is 14.2 Å². The van der Waals surface area contributed by atoms with Crippen LogP contribution in [0.25, 0.3) is 98.4 Å². The van der Waals surface area contributed by atoms with E-state index in [4.69, 9.17) is 9.47 Å². The van der Waals surface area contributed by atoms with Gasteiger partial charge in [0.05, 0.1) is 47.1 Å². The lowest BCUT2D eigenvalue weighted by Crippen LogP contribution is -1.94. The molecule has 0 aliphatic heterocycles. The van der Waals surface area contributed by atoms with Crippen molar-refractivity contribution < 1.29 is 9.47 Å². The number of hydrogen-bond acceptors (Lipinski definition) is 2. The van der Waals surface area contributed by atoms with Crippen molar-refractivity contribution in [1.29, 1.82) is 0 Å². The van der Waals surface area contributed by atoms with E-state index in [2.05, 4.69) is 117 Å². The van der Waals surface area contributed by atoms with Crippen LogP contribution >= 0.6 is 0 Å². The Balaban J connectivity index is 1.59. The fraction of sp³-hybridized carbons (Fsp3) is 0.0526. The summed E-state index contributed by atoms with van der Waals surface area (Å²) >= 11 is 0. The van der Waals surface area contributed by atoms with Crippen LogP contribution in [0.5, 0.6) is 11.5 Å². The summed E-state index contributed by atoms with van der Waals surface area (Å²) in [6, 6.07) is 34.0. The van der Waals surface area contributed by atoms with Gasteiger partial charge in [-0.1, -0.05) is 72.8 Å². The summed E-state index contributed by atoms with van der Waals surface area (Å²) in [5.41, 5.74) is 10.5. The smallest absolute Gasteiger partial charge is 0.152 e. The minimum absolute atomic E-state index is 0.837. The van der Waals surface area contributed by atoms with E-state index in [9.17, 15) is 0 Å². The van der Waals surface area contributed by atoms with Gasteiger partial charge >= 0.3 is 0 Å². The number of nitrogens with one attached hydrogen (secondary N) is 4. The van der Waals surface area contributed by atoms with Gasteiger partial charge in [-0.15, -0.1) is 0 Å². The van der Waals surface area contributed by atoms with Gasteiger partial charge in [0.25, 0.3) is 0 Å². The summed E-state index contributed by atoms with van der Waals surface area (Å²) in [6.07, 6.45) is 0. The van der Waals surface area contributed by atoms with Crippen molar-refractivity contribution >= 4 is 87.2 Å². The summed E-state index contributed by atoms with van der Waals surface area (Å²) in [6.45, 7) is 0. The molecule has 10 aromatic rings. The molecular weight excluding hydrogens is 544 g/mol. The van der Waals surface area contributed by atoms with Gasteiger partial charge in [-0.05, 0) is 24.3 Å². The first-order valence-electron chi connectivity index (χ1n) is 14.8. The van der Waals surface area contributed by atoms with Gasteiger partial charge in [0.2, 0.25) is 0 Å². The lowest BCUT2D eigenvalue weighted by atomic mass is 9.90. The van der Waals surface area contributed by atoms with Crippen molar-refractivity contribution in [3.05, 3.63) is 97.1 Å². The molecule has 4 heterocycles. The van der Waals surface area contributed by atoms with E-state index >= 15 is 0 Å². The fourth-order valence-corrected chi connectivity index (χ4v) is 7.68. The normalized spacial score (nSPS) is 12.3. The SMILES string of the molecule is COc1c2[nH]c3ccccc3c2c(-c2c3[nH]c4ccccc4c3c(OC)c3[nH]c4ccccc4c23)c2[nH]c3ccccc3c12. The lowest BCUT2D eigenvalue weighted by molar-refractivity contribution is 0.424. The number of hydrogen-bond donors (Lipinski definition) is 4. The Morgan fingerprint density at radius 2 is 0.659 bits per heavy atom. The number of H-pyrrole nitrogens is 4. The van der Waals surface area contributed by atoms with E-state index in [1.807, 2.05) is 0 Å². The Morgan fingerprint density at radius 3 is 1.00 bits per heavy atom. The quantitative estimate of drug-likeness (QED) is 0.170. The monoisotopic (exact) mass is 570 g/mol. The summed E-state index contributed by atoms with van der Waals surface area (Å²) in [7, 11) is 3.53. The first kappa shape index (κ1) is 23.7. The Hall–Kier alpha value is -5.88. The highest BCUT2D eigenvalue weighted by atomic mass is 16.5. The maximum Gasteiger partial charge on any atom is 0.152 e. The van der Waals surface area contributed by atoms with Crippen molar-refractivity contribution in [2.24, 2.45) is 0 Å². The summed E-state index contributed by atoms with van der Waals surface area (Å²) in [5, 5.41) is 8.89. The minimum atomic E-state index is 0.837. The molecule has 6 aromatic carbocycles. The van der Waals surface area contributed by atoms with Gasteiger partial charge < -0.3 is 29.4 Å². The average molecular weight is 571 g/mol. The minimum Gasteiger partial charge on any atom is -0.494 e. The van der Waals surface area contributed by atoms with Gasteiger partial charge in [0.15, 0.2) is 11.5 Å². The number of fused-ring (bicyclic) bond motifs is 12. The molecule has 6 nitrogen and oxygen atoms in total. The van der Waals surface area contributed by atoms with Gasteiger partial charge in [0, 0.05) is 65.5 Å². The maximum absolute atomic E-state index is 6.26. The summed E-state index contributed by atoms with van der Waals surface area (Å²) < 4.78 is 12.5. The van der Waals surface area contributed by atoms with Crippen molar-refractivity contribution in [2.75, 3.05) is 14.2 Å². The molecule has 0 fully saturated rings. The largest absolute Gasteiger partial charge is 0.494 e. The molecule has 0 radical (unpaired) electrons. The van der Waals surface area contributed by atoms with Crippen LogP contribution in [0, 0.1) is 0 Å². The van der Waals surface area contributed by atoms with Gasteiger partial charge in [0.1, 0.15) is 0 Å². The molecule has 0 atom stereocenters. The van der Waals surface area contributed by atoms with Gasteiger partial charge in [-0.2, -0.15) is 0 Å². The molecule has 6 heteroatoms. The summed E-state index contributed by atoms with van der Waals surface area (Å²) in [5.74, 6) is 1.67. The standard InChI is InChI=1S/C38H26N4O2/c1-43-37-29-21-13-5-9-17-25(21)39-33(29)31(27-19-11-3-7-15-23(19)41-35(27)37)32-28-20-12-4-8-16-24(20)42-36(28)38(44-2)30-22-14-6-10-18-26(22)40-34(30)32/h3-18,39-42H,1-2H3. The van der Waals surface area contributed by atoms with Crippen LogP contribution in [-0.4, -0.2) is 34.2 Å². The molecule has 0 unspecified atom stereocenters. The number of para-hydroxylation sites is 4. The highest BCUT2D eigenvalue weighted by Gasteiger charge is 2.29. The Labute approximate surface area is 250 Å². The Kier molecular flexibility index (Phi) is 4.49. The topological polar surface area (TPSA) is 81.6 Å². The molecule has 0 saturated heterocycles. The molecular formula is C38H26N4O2. The second kappa shape index (κ2) is 8.36. The summed E-state index contributed by atoms with van der Waals surface area (Å²) in [4.78, 5) is 15.2. The molecule has 4 N–H and O–H groups in total. The second-order valence-corrected chi connectivity index (χ2v) is 11.5. The highest BCUT2D eigenvalue weighted by molar-refractivity contribution is 6.36. The van der Waals surface area contributed by atoms with E-state index in [0.717, 1.165) is 110 Å². The van der Waals surface area contributed by atoms with Crippen LogP contribution in [0.3, 0.4) is 0 Å². The first-order chi connectivity index (χ1) is 21.8. The molecule has 4 aromatic heterocycles. The Morgan fingerprint density at radius 1 is 0.364 bits per heavy atom. The first-order valence-corrected chi connectivity index (χ1v) is 14.8. The number of aromatic amines is 4. The van der Waals surface area contributed by atoms with Crippen LogP contribution in [-0.2, 0) is 0 Å². The number of ether oxygens (including phenoxy) is 2. The van der Waals surface area contributed by atoms with Crippen LogP contribution in [0.15, 0.2) is 97.1 Å². The zero-order valence-corrected chi connectivity index (χ0v) is 24.1. The molecule has 0 aliphatic rings. The van der Waals surface area contributed by atoms with E-state index < -0.39 is 0 Å². The number of aromatic nitrogens is 4. The third-order valence-electron chi connectivity index (χ3n) is 9.39. The molecule has 10 rings (SSSR count). The van der Waals surface area contributed by atoms with E-state index in [1.165, 1.54) is 0 Å². The molecule has 44 heavy (non-hydrogen) atoms. The van der Waals surface area contributed by atoms with Crippen molar-refractivity contribution in [3.8, 4) is 22.6 Å². The van der Waals surface area contributed by atoms with Crippen molar-refractivity contribution in [3.63, 3.8) is 0 Å². The molecule has 0 aliphatic carbocycles. The maximum atomic E-state index is 6.26. The predicted octanol–water partition coefficient (Wildman–Crippen LogP) is 9.91. The number of methoxy groups -OCH3 is 2. The average Bonchev–Trinajstić information content (AvgIpc) is 3.83. The van der Waals surface area contributed by atoms with Crippen molar-refractivity contribution in [2.45, 2.75) is 0 Å². The second-order valence-electron chi connectivity index (χ2n) is 11.5. The zero-order valence-electron chi connectivity index (χ0n) is 24.1. The Bertz CT molecular complexity index is 2600. The number of rotatable bonds is 3. The lowest BCUT2D eigenvalue weighted by Gasteiger charge is -2.16. The fourth-order valence-electron chi connectivity index (χ4n) is 7.68. The van der Waals surface area contributed by atoms with E-state index in [-0.39, 0.29) is 0 Å². The molecule has 0 spiro atoms. The van der Waals surface area contributed by atoms with Crippen LogP contribution < -0.4 is 9.47 Å². The molecule has 0 amide bonds. The third-order valence-corrected chi connectivity index (χ3v) is 9.39.